The van der Waals surface area contributed by atoms with Gasteiger partial charge in [0.15, 0.2) is 6.10 Å². The van der Waals surface area contributed by atoms with E-state index in [1.807, 2.05) is 0 Å². The quantitative estimate of drug-likeness (QED) is 0.816. The smallest absolute Gasteiger partial charge is 0.357 e. The number of methoxy groups -OCH3 is 1. The first-order chi connectivity index (χ1) is 11.4. The molecule has 1 N–H and O–H groups in total. The number of aromatic nitrogens is 1. The third kappa shape index (κ3) is 4.59. The van der Waals surface area contributed by atoms with Gasteiger partial charge in [0, 0.05) is 16.2 Å². The van der Waals surface area contributed by atoms with Crippen molar-refractivity contribution < 1.29 is 19.1 Å². The number of anilines is 1. The summed E-state index contributed by atoms with van der Waals surface area (Å²) in [5.74, 6) is -0.855. The van der Waals surface area contributed by atoms with Crippen LogP contribution in [-0.2, 0) is 9.53 Å². The van der Waals surface area contributed by atoms with Crippen molar-refractivity contribution in [1.82, 2.24) is 4.98 Å². The fraction of sp³-hybridized carbons (Fsp3) is 0.188. The molecule has 1 heterocycles. The van der Waals surface area contributed by atoms with Gasteiger partial charge in [-0.3, -0.25) is 4.79 Å². The van der Waals surface area contributed by atoms with Gasteiger partial charge >= 0.3 is 5.97 Å². The highest BCUT2D eigenvalue weighted by Gasteiger charge is 2.21. The van der Waals surface area contributed by atoms with Crippen LogP contribution >= 0.6 is 23.2 Å². The minimum absolute atomic E-state index is 0.0162. The van der Waals surface area contributed by atoms with Crippen molar-refractivity contribution in [2.45, 2.75) is 13.0 Å². The zero-order chi connectivity index (χ0) is 17.7. The average molecular weight is 369 g/mol. The summed E-state index contributed by atoms with van der Waals surface area (Å²) in [6.45, 7) is 1.44. The summed E-state index contributed by atoms with van der Waals surface area (Å²) in [4.78, 5) is 28.0. The predicted octanol–water partition coefficient (Wildman–Crippen LogP) is 3.58. The zero-order valence-electron chi connectivity index (χ0n) is 12.9. The van der Waals surface area contributed by atoms with Gasteiger partial charge in [-0.2, -0.15) is 0 Å². The van der Waals surface area contributed by atoms with E-state index in [4.69, 9.17) is 32.7 Å². The maximum Gasteiger partial charge on any atom is 0.357 e. The molecule has 24 heavy (non-hydrogen) atoms. The highest BCUT2D eigenvalue weighted by molar-refractivity contribution is 6.31. The molecule has 0 bridgehead atoms. The first-order valence-electron chi connectivity index (χ1n) is 6.87. The highest BCUT2D eigenvalue weighted by Crippen LogP contribution is 2.27. The lowest BCUT2D eigenvalue weighted by atomic mass is 10.2. The number of carbonyl (C=O) groups excluding carboxylic acids is 2. The van der Waals surface area contributed by atoms with Gasteiger partial charge in [-0.05, 0) is 37.3 Å². The van der Waals surface area contributed by atoms with Crippen molar-refractivity contribution in [3.05, 3.63) is 52.3 Å². The van der Waals surface area contributed by atoms with Crippen molar-refractivity contribution >= 4 is 40.8 Å². The van der Waals surface area contributed by atoms with E-state index < -0.39 is 18.0 Å². The average Bonchev–Trinajstić information content (AvgIpc) is 2.55. The van der Waals surface area contributed by atoms with Gasteiger partial charge in [0.1, 0.15) is 11.4 Å². The molecule has 0 aliphatic rings. The Hall–Kier alpha value is -2.31. The number of ether oxygens (including phenoxy) is 2. The summed E-state index contributed by atoms with van der Waals surface area (Å²) < 4.78 is 10.2. The monoisotopic (exact) mass is 368 g/mol. The van der Waals surface area contributed by atoms with Crippen LogP contribution in [0.1, 0.15) is 17.4 Å². The highest BCUT2D eigenvalue weighted by atomic mass is 35.5. The summed E-state index contributed by atoms with van der Waals surface area (Å²) in [5.41, 5.74) is 0.390. The Labute approximate surface area is 148 Å². The molecule has 2 aromatic rings. The lowest BCUT2D eigenvalue weighted by Gasteiger charge is -2.15. The largest absolute Gasteiger partial charge is 0.495 e. The van der Waals surface area contributed by atoms with Gasteiger partial charge in [0.25, 0.3) is 5.91 Å². The van der Waals surface area contributed by atoms with Gasteiger partial charge in [0.05, 0.1) is 12.8 Å². The summed E-state index contributed by atoms with van der Waals surface area (Å²) >= 11 is 11.7. The van der Waals surface area contributed by atoms with Crippen LogP contribution in [-0.4, -0.2) is 30.1 Å². The lowest BCUT2D eigenvalue weighted by molar-refractivity contribution is -0.123. The summed E-state index contributed by atoms with van der Waals surface area (Å²) in [7, 11) is 1.47. The SMILES string of the molecule is COc1ccc(Cl)cc1NC(=O)[C@@H](C)OC(=O)c1cc(Cl)ccn1. The maximum absolute atomic E-state index is 12.2. The summed E-state index contributed by atoms with van der Waals surface area (Å²) in [6.07, 6.45) is 0.322. The first-order valence-corrected chi connectivity index (χ1v) is 7.63. The molecule has 0 saturated heterocycles. The second kappa shape index (κ2) is 7.99. The van der Waals surface area contributed by atoms with E-state index >= 15 is 0 Å². The molecule has 8 heteroatoms. The minimum Gasteiger partial charge on any atom is -0.495 e. The molecule has 2 rings (SSSR count). The Balaban J connectivity index is 2.05. The predicted molar refractivity (Wildman–Crippen MR) is 90.8 cm³/mol. The Morgan fingerprint density at radius 1 is 1.17 bits per heavy atom. The van der Waals surface area contributed by atoms with Crippen LogP contribution < -0.4 is 10.1 Å². The number of amides is 1. The molecule has 0 aliphatic carbocycles. The van der Waals surface area contributed by atoms with Crippen LogP contribution in [0, 0.1) is 0 Å². The standard InChI is InChI=1S/C16H14Cl2N2O4/c1-9(24-16(22)13-8-11(18)5-6-19-13)15(21)20-12-7-10(17)3-4-14(12)23-2/h3-9H,1-2H3,(H,20,21)/t9-/m1/s1. The summed E-state index contributed by atoms with van der Waals surface area (Å²) in [6, 6.07) is 7.66. The molecule has 0 spiro atoms. The number of rotatable bonds is 5. The molecule has 0 fully saturated rings. The normalized spacial score (nSPS) is 11.5. The maximum atomic E-state index is 12.2. The number of hydrogen-bond donors (Lipinski definition) is 1. The summed E-state index contributed by atoms with van der Waals surface area (Å²) in [5, 5.41) is 3.37. The second-order valence-corrected chi connectivity index (χ2v) is 5.61. The number of hydrogen-bond acceptors (Lipinski definition) is 5. The molecule has 1 atom stereocenters. The first kappa shape index (κ1) is 18.0. The molecule has 1 amide bonds. The number of nitrogens with zero attached hydrogens (tertiary/aromatic N) is 1. The molecule has 0 unspecified atom stereocenters. The van der Waals surface area contributed by atoms with Gasteiger partial charge < -0.3 is 14.8 Å². The number of esters is 1. The number of halogens is 2. The van der Waals surface area contributed by atoms with E-state index in [2.05, 4.69) is 10.3 Å². The third-order valence-corrected chi connectivity index (χ3v) is 3.47. The van der Waals surface area contributed by atoms with Gasteiger partial charge in [-0.1, -0.05) is 23.2 Å². The topological polar surface area (TPSA) is 77.5 Å². The van der Waals surface area contributed by atoms with Crippen LogP contribution in [0.5, 0.6) is 5.75 Å². The fourth-order valence-electron chi connectivity index (χ4n) is 1.80. The number of pyridine rings is 1. The number of benzene rings is 1. The van der Waals surface area contributed by atoms with Crippen LogP contribution in [0.2, 0.25) is 10.0 Å². The van der Waals surface area contributed by atoms with E-state index in [0.29, 0.717) is 21.5 Å². The van der Waals surface area contributed by atoms with Crippen molar-refractivity contribution in [2.75, 3.05) is 12.4 Å². The second-order valence-electron chi connectivity index (χ2n) is 4.74. The van der Waals surface area contributed by atoms with Crippen LogP contribution in [0.25, 0.3) is 0 Å². The molecule has 6 nitrogen and oxygen atoms in total. The molecule has 1 aromatic heterocycles. The Bertz CT molecular complexity index is 767. The van der Waals surface area contributed by atoms with Gasteiger partial charge in [-0.25, -0.2) is 9.78 Å². The minimum atomic E-state index is -1.05. The molecule has 1 aromatic carbocycles. The molecular weight excluding hydrogens is 355 g/mol. The van der Waals surface area contributed by atoms with Crippen molar-refractivity contribution in [2.24, 2.45) is 0 Å². The zero-order valence-corrected chi connectivity index (χ0v) is 14.4. The van der Waals surface area contributed by atoms with E-state index in [-0.39, 0.29) is 5.69 Å². The van der Waals surface area contributed by atoms with Gasteiger partial charge in [-0.15, -0.1) is 0 Å². The number of nitrogens with one attached hydrogen (secondary N) is 1. The Kier molecular flexibility index (Phi) is 6.00. The van der Waals surface area contributed by atoms with Crippen molar-refractivity contribution in [3.63, 3.8) is 0 Å². The lowest BCUT2D eigenvalue weighted by Crippen LogP contribution is -2.30. The third-order valence-electron chi connectivity index (χ3n) is 3.00. The van der Waals surface area contributed by atoms with E-state index in [1.165, 1.54) is 38.4 Å². The van der Waals surface area contributed by atoms with E-state index in [1.54, 1.807) is 12.1 Å². The molecular formula is C16H14Cl2N2O4. The van der Waals surface area contributed by atoms with Crippen LogP contribution in [0.15, 0.2) is 36.5 Å². The van der Waals surface area contributed by atoms with Crippen LogP contribution in [0.3, 0.4) is 0 Å². The Morgan fingerprint density at radius 3 is 2.54 bits per heavy atom. The fourth-order valence-corrected chi connectivity index (χ4v) is 2.13. The molecule has 126 valence electrons. The van der Waals surface area contributed by atoms with E-state index in [0.717, 1.165) is 0 Å². The van der Waals surface area contributed by atoms with Crippen molar-refractivity contribution in [3.8, 4) is 5.75 Å². The van der Waals surface area contributed by atoms with E-state index in [9.17, 15) is 9.59 Å². The number of carbonyl (C=O) groups is 2. The molecule has 0 saturated carbocycles. The van der Waals surface area contributed by atoms with Crippen LogP contribution in [0.4, 0.5) is 5.69 Å². The molecule has 0 aliphatic heterocycles. The van der Waals surface area contributed by atoms with Gasteiger partial charge in [0.2, 0.25) is 0 Å². The molecule has 0 radical (unpaired) electrons. The Morgan fingerprint density at radius 2 is 1.88 bits per heavy atom. The van der Waals surface area contributed by atoms with Crippen molar-refractivity contribution in [1.29, 1.82) is 0 Å².